The van der Waals surface area contributed by atoms with Gasteiger partial charge in [-0.15, -0.1) is 0 Å². The zero-order valence-corrected chi connectivity index (χ0v) is 14.9. The number of nitrogens with zero attached hydrogens (tertiary/aromatic N) is 3. The number of likely N-dealkylation sites (tertiary alicyclic amines) is 1. The van der Waals surface area contributed by atoms with Crippen molar-refractivity contribution in [2.75, 3.05) is 32.7 Å². The average Bonchev–Trinajstić information content (AvgIpc) is 3.02. The summed E-state index contributed by atoms with van der Waals surface area (Å²) in [5.41, 5.74) is 1.08. The molecule has 6 nitrogen and oxygen atoms in total. The highest BCUT2D eigenvalue weighted by Gasteiger charge is 2.34. The number of aromatic hydroxyl groups is 1. The standard InChI is InChI=1S/C19H27N3O3/c1-2-17(22-8-4-7-18(22)24)19(25)21-11-9-20(10-12-21)14-15-5-3-6-16(23)13-15/h3,5-6,13,17,23H,2,4,7-12,14H2,1H3. The van der Waals surface area contributed by atoms with Gasteiger partial charge in [-0.3, -0.25) is 14.5 Å². The average molecular weight is 345 g/mol. The number of carbonyl (C=O) groups is 2. The highest BCUT2D eigenvalue weighted by molar-refractivity contribution is 5.88. The highest BCUT2D eigenvalue weighted by Crippen LogP contribution is 2.19. The first kappa shape index (κ1) is 17.7. The molecule has 0 spiro atoms. The van der Waals surface area contributed by atoms with Crippen molar-refractivity contribution in [3.63, 3.8) is 0 Å². The molecule has 25 heavy (non-hydrogen) atoms. The molecule has 6 heteroatoms. The summed E-state index contributed by atoms with van der Waals surface area (Å²) >= 11 is 0. The Kier molecular flexibility index (Phi) is 5.58. The number of amides is 2. The molecule has 1 aromatic rings. The van der Waals surface area contributed by atoms with E-state index in [0.717, 1.165) is 31.6 Å². The highest BCUT2D eigenvalue weighted by atomic mass is 16.3. The summed E-state index contributed by atoms with van der Waals surface area (Å²) in [5.74, 6) is 0.491. The molecule has 3 rings (SSSR count). The lowest BCUT2D eigenvalue weighted by molar-refractivity contribution is -0.145. The topological polar surface area (TPSA) is 64.1 Å². The monoisotopic (exact) mass is 345 g/mol. The van der Waals surface area contributed by atoms with Gasteiger partial charge in [-0.1, -0.05) is 19.1 Å². The summed E-state index contributed by atoms with van der Waals surface area (Å²) in [4.78, 5) is 30.8. The molecular formula is C19H27N3O3. The van der Waals surface area contributed by atoms with Crippen LogP contribution in [-0.2, 0) is 16.1 Å². The Morgan fingerprint density at radius 1 is 1.20 bits per heavy atom. The van der Waals surface area contributed by atoms with E-state index in [1.54, 1.807) is 17.0 Å². The van der Waals surface area contributed by atoms with Crippen molar-refractivity contribution in [2.24, 2.45) is 0 Å². The second-order valence-corrected chi connectivity index (χ2v) is 6.89. The molecule has 0 saturated carbocycles. The summed E-state index contributed by atoms with van der Waals surface area (Å²) in [6.45, 7) is 6.47. The molecule has 1 atom stereocenters. The Morgan fingerprint density at radius 3 is 2.56 bits per heavy atom. The van der Waals surface area contributed by atoms with Crippen LogP contribution in [0.25, 0.3) is 0 Å². The second-order valence-electron chi connectivity index (χ2n) is 6.89. The van der Waals surface area contributed by atoms with Crippen LogP contribution in [-0.4, -0.2) is 70.4 Å². The smallest absolute Gasteiger partial charge is 0.245 e. The largest absolute Gasteiger partial charge is 0.508 e. The summed E-state index contributed by atoms with van der Waals surface area (Å²) in [6, 6.07) is 7.01. The quantitative estimate of drug-likeness (QED) is 0.877. The number of rotatable bonds is 5. The molecule has 2 amide bonds. The van der Waals surface area contributed by atoms with Crippen molar-refractivity contribution in [2.45, 2.75) is 38.8 Å². The molecule has 1 aromatic carbocycles. The lowest BCUT2D eigenvalue weighted by Crippen LogP contribution is -2.54. The number of carbonyl (C=O) groups excluding carboxylic acids is 2. The number of hydrogen-bond acceptors (Lipinski definition) is 4. The first-order valence-corrected chi connectivity index (χ1v) is 9.17. The minimum atomic E-state index is -0.298. The second kappa shape index (κ2) is 7.87. The fourth-order valence-electron chi connectivity index (χ4n) is 3.78. The molecule has 0 aliphatic carbocycles. The van der Waals surface area contributed by atoms with Crippen LogP contribution in [0.4, 0.5) is 0 Å². The number of phenolic OH excluding ortho intramolecular Hbond substituents is 1. The van der Waals surface area contributed by atoms with Gasteiger partial charge in [0.2, 0.25) is 11.8 Å². The van der Waals surface area contributed by atoms with Crippen LogP contribution in [0.3, 0.4) is 0 Å². The molecule has 2 saturated heterocycles. The minimum absolute atomic E-state index is 0.0924. The Hall–Kier alpha value is -2.08. The molecule has 0 radical (unpaired) electrons. The molecule has 2 heterocycles. The van der Waals surface area contributed by atoms with E-state index < -0.39 is 0 Å². The van der Waals surface area contributed by atoms with Crippen LogP contribution in [0.15, 0.2) is 24.3 Å². The number of phenols is 1. The number of piperazine rings is 1. The molecular weight excluding hydrogens is 318 g/mol. The molecule has 2 aliphatic heterocycles. The predicted octanol–water partition coefficient (Wildman–Crippen LogP) is 1.44. The third-order valence-electron chi connectivity index (χ3n) is 5.16. The van der Waals surface area contributed by atoms with Crippen molar-refractivity contribution in [1.82, 2.24) is 14.7 Å². The molecule has 2 fully saturated rings. The van der Waals surface area contributed by atoms with Crippen molar-refractivity contribution in [3.05, 3.63) is 29.8 Å². The maximum Gasteiger partial charge on any atom is 0.245 e. The molecule has 136 valence electrons. The fourth-order valence-corrected chi connectivity index (χ4v) is 3.78. The van der Waals surface area contributed by atoms with E-state index in [0.29, 0.717) is 32.5 Å². The van der Waals surface area contributed by atoms with Gasteiger partial charge in [0.05, 0.1) is 0 Å². The fraction of sp³-hybridized carbons (Fsp3) is 0.579. The van der Waals surface area contributed by atoms with E-state index >= 15 is 0 Å². The number of hydrogen-bond donors (Lipinski definition) is 1. The minimum Gasteiger partial charge on any atom is -0.508 e. The maximum atomic E-state index is 12.9. The summed E-state index contributed by atoms with van der Waals surface area (Å²) in [6.07, 6.45) is 2.11. The lowest BCUT2D eigenvalue weighted by atomic mass is 10.1. The van der Waals surface area contributed by atoms with Gasteiger partial charge in [0.1, 0.15) is 11.8 Å². The third kappa shape index (κ3) is 4.12. The summed E-state index contributed by atoms with van der Waals surface area (Å²) < 4.78 is 0. The van der Waals surface area contributed by atoms with Crippen LogP contribution in [0.2, 0.25) is 0 Å². The van der Waals surface area contributed by atoms with E-state index in [4.69, 9.17) is 0 Å². The van der Waals surface area contributed by atoms with Crippen LogP contribution < -0.4 is 0 Å². The normalized spacial score (nSPS) is 20.1. The molecule has 2 aliphatic rings. The molecule has 0 bridgehead atoms. The Labute approximate surface area is 149 Å². The van der Waals surface area contributed by atoms with Gasteiger partial charge in [0.15, 0.2) is 0 Å². The van der Waals surface area contributed by atoms with Crippen molar-refractivity contribution < 1.29 is 14.7 Å². The molecule has 1 unspecified atom stereocenters. The van der Waals surface area contributed by atoms with Crippen LogP contribution in [0, 0.1) is 0 Å². The third-order valence-corrected chi connectivity index (χ3v) is 5.16. The van der Waals surface area contributed by atoms with Gasteiger partial charge < -0.3 is 14.9 Å². The van der Waals surface area contributed by atoms with Crippen LogP contribution >= 0.6 is 0 Å². The SMILES string of the molecule is CCC(C(=O)N1CCN(Cc2cccc(O)c2)CC1)N1CCCC1=O. The van der Waals surface area contributed by atoms with Crippen molar-refractivity contribution in [1.29, 1.82) is 0 Å². The van der Waals surface area contributed by atoms with Crippen molar-refractivity contribution >= 4 is 11.8 Å². The van der Waals surface area contributed by atoms with E-state index in [-0.39, 0.29) is 23.6 Å². The van der Waals surface area contributed by atoms with Gasteiger partial charge in [0, 0.05) is 45.7 Å². The van der Waals surface area contributed by atoms with E-state index in [2.05, 4.69) is 4.90 Å². The molecule has 0 aromatic heterocycles. The molecule has 1 N–H and O–H groups in total. The maximum absolute atomic E-state index is 12.9. The summed E-state index contributed by atoms with van der Waals surface area (Å²) in [7, 11) is 0. The van der Waals surface area contributed by atoms with Crippen LogP contribution in [0.5, 0.6) is 5.75 Å². The predicted molar refractivity (Wildman–Crippen MR) is 95.0 cm³/mol. The van der Waals surface area contributed by atoms with E-state index in [1.807, 2.05) is 24.0 Å². The van der Waals surface area contributed by atoms with Gasteiger partial charge in [-0.25, -0.2) is 0 Å². The summed E-state index contributed by atoms with van der Waals surface area (Å²) in [5, 5.41) is 9.57. The van der Waals surface area contributed by atoms with E-state index in [1.165, 1.54) is 0 Å². The van der Waals surface area contributed by atoms with Crippen molar-refractivity contribution in [3.8, 4) is 5.75 Å². The van der Waals surface area contributed by atoms with Gasteiger partial charge in [-0.05, 0) is 30.5 Å². The van der Waals surface area contributed by atoms with Gasteiger partial charge >= 0.3 is 0 Å². The first-order chi connectivity index (χ1) is 12.1. The van der Waals surface area contributed by atoms with Gasteiger partial charge in [-0.2, -0.15) is 0 Å². The Bertz CT molecular complexity index is 626. The van der Waals surface area contributed by atoms with E-state index in [9.17, 15) is 14.7 Å². The van der Waals surface area contributed by atoms with Gasteiger partial charge in [0.25, 0.3) is 0 Å². The number of benzene rings is 1. The lowest BCUT2D eigenvalue weighted by Gasteiger charge is -2.38. The Morgan fingerprint density at radius 2 is 1.96 bits per heavy atom. The van der Waals surface area contributed by atoms with Crippen LogP contribution in [0.1, 0.15) is 31.7 Å². The zero-order chi connectivity index (χ0) is 17.8. The zero-order valence-electron chi connectivity index (χ0n) is 14.9. The Balaban J connectivity index is 1.54. The first-order valence-electron chi connectivity index (χ1n) is 9.17.